The van der Waals surface area contributed by atoms with Crippen LogP contribution in [0.2, 0.25) is 0 Å². The van der Waals surface area contributed by atoms with Gasteiger partial charge in [0.2, 0.25) is 5.91 Å². The SMILES string of the molecule is CC(C)NC(=O)CNCCOc1cccc(C(=O)O)c1. The van der Waals surface area contributed by atoms with Gasteiger partial charge in [0.1, 0.15) is 12.4 Å². The van der Waals surface area contributed by atoms with Gasteiger partial charge in [-0.05, 0) is 32.0 Å². The summed E-state index contributed by atoms with van der Waals surface area (Å²) in [6.07, 6.45) is 0. The van der Waals surface area contributed by atoms with Gasteiger partial charge < -0.3 is 20.5 Å². The van der Waals surface area contributed by atoms with Crippen LogP contribution in [0.4, 0.5) is 0 Å². The number of hydrogen-bond acceptors (Lipinski definition) is 4. The van der Waals surface area contributed by atoms with E-state index < -0.39 is 5.97 Å². The molecular formula is C14H20N2O4. The molecule has 0 aliphatic heterocycles. The van der Waals surface area contributed by atoms with Crippen molar-refractivity contribution < 1.29 is 19.4 Å². The number of carbonyl (C=O) groups excluding carboxylic acids is 1. The molecule has 0 aromatic heterocycles. The van der Waals surface area contributed by atoms with Crippen LogP contribution in [0.25, 0.3) is 0 Å². The molecule has 0 radical (unpaired) electrons. The Balaban J connectivity index is 2.23. The molecule has 1 aromatic carbocycles. The minimum Gasteiger partial charge on any atom is -0.492 e. The number of rotatable bonds is 8. The van der Waals surface area contributed by atoms with E-state index in [4.69, 9.17) is 9.84 Å². The minimum atomic E-state index is -0.987. The van der Waals surface area contributed by atoms with E-state index in [9.17, 15) is 9.59 Å². The Labute approximate surface area is 118 Å². The van der Waals surface area contributed by atoms with Crippen molar-refractivity contribution in [1.29, 1.82) is 0 Å². The molecule has 0 bridgehead atoms. The van der Waals surface area contributed by atoms with E-state index in [1.54, 1.807) is 12.1 Å². The zero-order chi connectivity index (χ0) is 15.0. The Morgan fingerprint density at radius 3 is 2.75 bits per heavy atom. The number of carboxylic acid groups (broad SMARTS) is 1. The van der Waals surface area contributed by atoms with Crippen LogP contribution in [0, 0.1) is 0 Å². The molecule has 1 amide bonds. The molecule has 6 nitrogen and oxygen atoms in total. The van der Waals surface area contributed by atoms with Crippen LogP contribution in [0.1, 0.15) is 24.2 Å². The van der Waals surface area contributed by atoms with Crippen LogP contribution < -0.4 is 15.4 Å². The lowest BCUT2D eigenvalue weighted by atomic mass is 10.2. The summed E-state index contributed by atoms with van der Waals surface area (Å²) in [7, 11) is 0. The molecule has 6 heteroatoms. The van der Waals surface area contributed by atoms with Crippen LogP contribution in [-0.4, -0.2) is 42.7 Å². The maximum absolute atomic E-state index is 11.3. The third kappa shape index (κ3) is 6.19. The van der Waals surface area contributed by atoms with Gasteiger partial charge >= 0.3 is 5.97 Å². The molecule has 0 aliphatic carbocycles. The van der Waals surface area contributed by atoms with Crippen molar-refractivity contribution in [3.8, 4) is 5.75 Å². The fourth-order valence-corrected chi connectivity index (χ4v) is 1.53. The van der Waals surface area contributed by atoms with E-state index in [2.05, 4.69) is 10.6 Å². The maximum Gasteiger partial charge on any atom is 0.335 e. The number of carbonyl (C=O) groups is 2. The van der Waals surface area contributed by atoms with Crippen molar-refractivity contribution in [2.24, 2.45) is 0 Å². The molecule has 3 N–H and O–H groups in total. The van der Waals surface area contributed by atoms with E-state index in [-0.39, 0.29) is 24.1 Å². The van der Waals surface area contributed by atoms with Gasteiger partial charge in [0, 0.05) is 12.6 Å². The molecule has 0 aliphatic rings. The number of hydrogen-bond donors (Lipinski definition) is 3. The summed E-state index contributed by atoms with van der Waals surface area (Å²) in [6.45, 7) is 4.89. The summed E-state index contributed by atoms with van der Waals surface area (Å²) >= 11 is 0. The molecule has 0 heterocycles. The monoisotopic (exact) mass is 280 g/mol. The summed E-state index contributed by atoms with van der Waals surface area (Å²) in [5, 5.41) is 14.5. The Bertz CT molecular complexity index is 460. The zero-order valence-electron chi connectivity index (χ0n) is 11.7. The van der Waals surface area contributed by atoms with Gasteiger partial charge in [0.05, 0.1) is 12.1 Å². The van der Waals surface area contributed by atoms with Crippen molar-refractivity contribution in [2.45, 2.75) is 19.9 Å². The molecule has 0 unspecified atom stereocenters. The zero-order valence-corrected chi connectivity index (χ0v) is 11.7. The van der Waals surface area contributed by atoms with E-state index >= 15 is 0 Å². The lowest BCUT2D eigenvalue weighted by molar-refractivity contribution is -0.120. The quantitative estimate of drug-likeness (QED) is 0.615. The highest BCUT2D eigenvalue weighted by atomic mass is 16.5. The van der Waals surface area contributed by atoms with Crippen LogP contribution in [0.3, 0.4) is 0 Å². The summed E-state index contributed by atoms with van der Waals surface area (Å²) in [4.78, 5) is 22.1. The van der Waals surface area contributed by atoms with Crippen LogP contribution in [-0.2, 0) is 4.79 Å². The average Bonchev–Trinajstić information content (AvgIpc) is 2.37. The first-order valence-electron chi connectivity index (χ1n) is 6.45. The van der Waals surface area contributed by atoms with Crippen molar-refractivity contribution in [1.82, 2.24) is 10.6 Å². The van der Waals surface area contributed by atoms with Crippen molar-refractivity contribution in [3.05, 3.63) is 29.8 Å². The van der Waals surface area contributed by atoms with Gasteiger partial charge in [0.25, 0.3) is 0 Å². The van der Waals surface area contributed by atoms with Gasteiger partial charge in [-0.2, -0.15) is 0 Å². The number of carboxylic acids is 1. The average molecular weight is 280 g/mol. The smallest absolute Gasteiger partial charge is 0.335 e. The number of ether oxygens (including phenoxy) is 1. The van der Waals surface area contributed by atoms with Gasteiger partial charge in [0.15, 0.2) is 0 Å². The van der Waals surface area contributed by atoms with Gasteiger partial charge in [-0.15, -0.1) is 0 Å². The fourth-order valence-electron chi connectivity index (χ4n) is 1.53. The second-order valence-corrected chi connectivity index (χ2v) is 4.58. The topological polar surface area (TPSA) is 87.7 Å². The first kappa shape index (κ1) is 16.0. The van der Waals surface area contributed by atoms with Gasteiger partial charge in [-0.3, -0.25) is 4.79 Å². The second kappa shape index (κ2) is 8.16. The Morgan fingerprint density at radius 1 is 1.35 bits per heavy atom. The summed E-state index contributed by atoms with van der Waals surface area (Å²) < 4.78 is 5.40. The highest BCUT2D eigenvalue weighted by Gasteiger charge is 2.04. The molecule has 1 rings (SSSR count). The minimum absolute atomic E-state index is 0.0622. The molecule has 0 saturated carbocycles. The Morgan fingerprint density at radius 2 is 2.10 bits per heavy atom. The summed E-state index contributed by atoms with van der Waals surface area (Å²) in [5.41, 5.74) is 0.187. The molecule has 0 spiro atoms. The predicted molar refractivity (Wildman–Crippen MR) is 75.0 cm³/mol. The van der Waals surface area contributed by atoms with E-state index in [0.717, 1.165) is 0 Å². The molecule has 0 fully saturated rings. The number of benzene rings is 1. The first-order chi connectivity index (χ1) is 9.49. The molecule has 0 saturated heterocycles. The first-order valence-corrected chi connectivity index (χ1v) is 6.45. The number of amides is 1. The second-order valence-electron chi connectivity index (χ2n) is 4.58. The summed E-state index contributed by atoms with van der Waals surface area (Å²) in [5.74, 6) is -0.551. The lowest BCUT2D eigenvalue weighted by Gasteiger charge is -2.10. The van der Waals surface area contributed by atoms with E-state index in [1.165, 1.54) is 12.1 Å². The molecule has 1 aromatic rings. The third-order valence-electron chi connectivity index (χ3n) is 2.36. The number of nitrogens with one attached hydrogen (secondary N) is 2. The third-order valence-corrected chi connectivity index (χ3v) is 2.36. The highest BCUT2D eigenvalue weighted by molar-refractivity contribution is 5.88. The molecule has 20 heavy (non-hydrogen) atoms. The maximum atomic E-state index is 11.3. The molecule has 110 valence electrons. The van der Waals surface area contributed by atoms with Gasteiger partial charge in [-0.25, -0.2) is 4.79 Å². The van der Waals surface area contributed by atoms with Crippen LogP contribution >= 0.6 is 0 Å². The Hall–Kier alpha value is -2.08. The van der Waals surface area contributed by atoms with E-state index in [1.807, 2.05) is 13.8 Å². The van der Waals surface area contributed by atoms with Crippen molar-refractivity contribution in [2.75, 3.05) is 19.7 Å². The summed E-state index contributed by atoms with van der Waals surface area (Å²) in [6, 6.07) is 6.41. The Kier molecular flexibility index (Phi) is 6.52. The van der Waals surface area contributed by atoms with Crippen molar-refractivity contribution >= 4 is 11.9 Å². The molecular weight excluding hydrogens is 260 g/mol. The van der Waals surface area contributed by atoms with Crippen molar-refractivity contribution in [3.63, 3.8) is 0 Å². The van der Waals surface area contributed by atoms with Crippen LogP contribution in [0.15, 0.2) is 24.3 Å². The fraction of sp³-hybridized carbons (Fsp3) is 0.429. The molecule has 0 atom stereocenters. The van der Waals surface area contributed by atoms with E-state index in [0.29, 0.717) is 18.9 Å². The lowest BCUT2D eigenvalue weighted by Crippen LogP contribution is -2.38. The van der Waals surface area contributed by atoms with Gasteiger partial charge in [-0.1, -0.05) is 6.07 Å². The number of aromatic carboxylic acids is 1. The standard InChI is InChI=1S/C14H20N2O4/c1-10(2)16-13(17)9-15-6-7-20-12-5-3-4-11(8-12)14(18)19/h3-5,8,10,15H,6-7,9H2,1-2H3,(H,16,17)(H,18,19). The normalized spacial score (nSPS) is 10.3. The van der Waals surface area contributed by atoms with Crippen LogP contribution in [0.5, 0.6) is 5.75 Å². The predicted octanol–water partition coefficient (Wildman–Crippen LogP) is 0.878. The largest absolute Gasteiger partial charge is 0.492 e. The highest BCUT2D eigenvalue weighted by Crippen LogP contribution is 2.12.